The molecule has 366 valence electrons. The summed E-state index contributed by atoms with van der Waals surface area (Å²) in [7, 11) is 11.8. The Hall–Kier alpha value is -0.770. The predicted molar refractivity (Wildman–Crippen MR) is 268 cm³/mol. The minimum Gasteiger partial charge on any atom is -0.351 e. The van der Waals surface area contributed by atoms with E-state index in [1.807, 2.05) is 0 Å². The zero-order valence-corrected chi connectivity index (χ0v) is 46.4. The number of hydrogen-bond acceptors (Lipinski definition) is 7. The maximum Gasteiger partial charge on any atom is 0.241 e. The van der Waals surface area contributed by atoms with Gasteiger partial charge in [-0.25, -0.2) is 0 Å². The first-order valence-corrected chi connectivity index (χ1v) is 25.8. The van der Waals surface area contributed by atoms with E-state index < -0.39 is 5.54 Å². The van der Waals surface area contributed by atoms with E-state index in [-0.39, 0.29) is 78.8 Å². The molecule has 8 heteroatoms. The van der Waals surface area contributed by atoms with Gasteiger partial charge in [0, 0.05) is 67.0 Å². The van der Waals surface area contributed by atoms with Crippen molar-refractivity contribution >= 4 is 5.91 Å². The fraction of sp³-hybridized carbons (Fsp3) is 0.982. The quantitative estimate of drug-likeness (QED) is 0.285. The van der Waals surface area contributed by atoms with Gasteiger partial charge in [0.25, 0.3) is 0 Å². The normalized spacial score (nSPS) is 35.2. The molecular weight excluding hydrogens is 775 g/mol. The lowest BCUT2D eigenvalue weighted by Gasteiger charge is -2.67. The van der Waals surface area contributed by atoms with Crippen molar-refractivity contribution in [3.05, 3.63) is 0 Å². The summed E-state index contributed by atoms with van der Waals surface area (Å²) in [4.78, 5) is 30.3. The third kappa shape index (κ3) is 8.58. The van der Waals surface area contributed by atoms with Crippen molar-refractivity contribution in [3.63, 3.8) is 0 Å². The summed E-state index contributed by atoms with van der Waals surface area (Å²) in [6.45, 7) is 49.8. The molecule has 0 aromatic heterocycles. The SMILES string of the molecule is CN1C(C)(C)CC(C2CC(C3CC(C)(C)N(C)C(C)(C)C3)(C3CC(C)(C)N(C)C(C)(C)C3)NC(C3CC(C)(C)N(C)C(C)(C)C3)(C3CC(C)(C)N(C)C(C)(C)C3)C(=O)N2)CC1(C)C. The average molecular weight is 880 g/mol. The molecule has 0 bridgehead atoms. The Balaban J connectivity index is 1.73. The van der Waals surface area contributed by atoms with Crippen LogP contribution in [-0.4, -0.2) is 138 Å². The smallest absolute Gasteiger partial charge is 0.241 e. The number of amides is 1. The van der Waals surface area contributed by atoms with Gasteiger partial charge in [0.2, 0.25) is 5.91 Å². The van der Waals surface area contributed by atoms with E-state index in [9.17, 15) is 0 Å². The minimum absolute atomic E-state index is 0.00785. The predicted octanol–water partition coefficient (Wildman–Crippen LogP) is 10.4. The summed E-state index contributed by atoms with van der Waals surface area (Å²) in [6, 6.07) is 0.0652. The number of hydrogen-bond donors (Lipinski definition) is 2. The molecule has 8 nitrogen and oxygen atoms in total. The number of nitrogens with one attached hydrogen (secondary N) is 2. The summed E-state index contributed by atoms with van der Waals surface area (Å²) in [5.41, 5.74) is -1.41. The second kappa shape index (κ2) is 15.4. The molecule has 1 atom stereocenters. The van der Waals surface area contributed by atoms with Crippen LogP contribution in [0.1, 0.15) is 209 Å². The zero-order chi connectivity index (χ0) is 48.1. The van der Waals surface area contributed by atoms with Gasteiger partial charge in [0.1, 0.15) is 5.54 Å². The van der Waals surface area contributed by atoms with Crippen LogP contribution < -0.4 is 10.6 Å². The van der Waals surface area contributed by atoms with E-state index >= 15 is 4.79 Å². The number of piperidine rings is 5. The molecule has 1 amide bonds. The molecule has 6 aliphatic rings. The van der Waals surface area contributed by atoms with Crippen LogP contribution in [0, 0.1) is 29.6 Å². The lowest BCUT2D eigenvalue weighted by molar-refractivity contribution is -0.156. The van der Waals surface area contributed by atoms with Crippen molar-refractivity contribution in [2.45, 2.75) is 282 Å². The van der Waals surface area contributed by atoms with E-state index in [0.717, 1.165) is 70.6 Å². The van der Waals surface area contributed by atoms with Crippen molar-refractivity contribution in [1.82, 2.24) is 35.1 Å². The van der Waals surface area contributed by atoms with Crippen LogP contribution in [0.4, 0.5) is 0 Å². The second-order valence-electron chi connectivity index (χ2n) is 29.8. The van der Waals surface area contributed by atoms with Gasteiger partial charge in [-0.05, 0) is 274 Å². The Labute approximate surface area is 390 Å². The molecule has 2 N–H and O–H groups in total. The Morgan fingerprint density at radius 2 is 0.571 bits per heavy atom. The molecule has 6 rings (SSSR count). The van der Waals surface area contributed by atoms with Crippen LogP contribution in [0.15, 0.2) is 0 Å². The fourth-order valence-corrected chi connectivity index (χ4v) is 16.9. The molecule has 0 aromatic carbocycles. The molecule has 6 saturated heterocycles. The highest BCUT2D eigenvalue weighted by molar-refractivity contribution is 5.88. The Morgan fingerprint density at radius 1 is 0.349 bits per heavy atom. The Bertz CT molecular complexity index is 1540. The summed E-state index contributed by atoms with van der Waals surface area (Å²) in [5.74, 6) is 1.75. The first kappa shape index (κ1) is 51.6. The van der Waals surface area contributed by atoms with E-state index in [1.54, 1.807) is 0 Å². The third-order valence-corrected chi connectivity index (χ3v) is 21.6. The van der Waals surface area contributed by atoms with Gasteiger partial charge in [-0.3, -0.25) is 34.6 Å². The molecule has 63 heavy (non-hydrogen) atoms. The molecular formula is C55H105N7O. The van der Waals surface area contributed by atoms with Crippen molar-refractivity contribution in [1.29, 1.82) is 0 Å². The third-order valence-electron chi connectivity index (χ3n) is 21.6. The van der Waals surface area contributed by atoms with E-state index in [1.165, 1.54) is 0 Å². The molecule has 0 aliphatic carbocycles. The van der Waals surface area contributed by atoms with Crippen LogP contribution in [-0.2, 0) is 4.79 Å². The molecule has 1 unspecified atom stereocenters. The van der Waals surface area contributed by atoms with Gasteiger partial charge in [-0.15, -0.1) is 0 Å². The maximum absolute atomic E-state index is 17.0. The van der Waals surface area contributed by atoms with E-state index in [0.29, 0.717) is 23.7 Å². The van der Waals surface area contributed by atoms with Crippen LogP contribution in [0.25, 0.3) is 0 Å². The van der Waals surface area contributed by atoms with Crippen LogP contribution in [0.2, 0.25) is 0 Å². The molecule has 6 heterocycles. The molecule has 6 fully saturated rings. The fourth-order valence-electron chi connectivity index (χ4n) is 16.9. The minimum atomic E-state index is -0.772. The van der Waals surface area contributed by atoms with Crippen molar-refractivity contribution in [2.24, 2.45) is 29.6 Å². The van der Waals surface area contributed by atoms with Crippen LogP contribution in [0.3, 0.4) is 0 Å². The van der Waals surface area contributed by atoms with Gasteiger partial charge in [0.15, 0.2) is 0 Å². The lowest BCUT2D eigenvalue weighted by Crippen LogP contribution is -2.79. The summed E-state index contributed by atoms with van der Waals surface area (Å²) in [6.07, 6.45) is 11.6. The summed E-state index contributed by atoms with van der Waals surface area (Å²) < 4.78 is 0. The largest absolute Gasteiger partial charge is 0.351 e. The number of likely N-dealkylation sites (tertiary alicyclic amines) is 5. The monoisotopic (exact) mass is 880 g/mol. The Morgan fingerprint density at radius 3 is 0.825 bits per heavy atom. The molecule has 6 aliphatic heterocycles. The van der Waals surface area contributed by atoms with Gasteiger partial charge >= 0.3 is 0 Å². The molecule has 0 spiro atoms. The van der Waals surface area contributed by atoms with Gasteiger partial charge in [0.05, 0.1) is 0 Å². The number of carbonyl (C=O) groups excluding carboxylic acids is 1. The van der Waals surface area contributed by atoms with Crippen LogP contribution in [0.5, 0.6) is 0 Å². The Kier molecular flexibility index (Phi) is 12.6. The molecule has 0 aromatic rings. The zero-order valence-electron chi connectivity index (χ0n) is 46.4. The number of carbonyl (C=O) groups is 1. The molecule has 0 saturated carbocycles. The van der Waals surface area contributed by atoms with Crippen LogP contribution >= 0.6 is 0 Å². The first-order valence-electron chi connectivity index (χ1n) is 25.8. The van der Waals surface area contributed by atoms with Crippen molar-refractivity contribution in [2.75, 3.05) is 35.2 Å². The van der Waals surface area contributed by atoms with Gasteiger partial charge in [-0.2, -0.15) is 0 Å². The first-order chi connectivity index (χ1) is 28.0. The highest BCUT2D eigenvalue weighted by Gasteiger charge is 2.68. The topological polar surface area (TPSA) is 57.3 Å². The van der Waals surface area contributed by atoms with Crippen molar-refractivity contribution in [3.8, 4) is 0 Å². The number of nitrogens with zero attached hydrogens (tertiary/aromatic N) is 5. The van der Waals surface area contributed by atoms with Gasteiger partial charge in [-0.1, -0.05) is 0 Å². The second-order valence-corrected chi connectivity index (χ2v) is 29.8. The number of rotatable bonds is 5. The van der Waals surface area contributed by atoms with Gasteiger partial charge < -0.3 is 5.32 Å². The summed E-state index contributed by atoms with van der Waals surface area (Å²) in [5, 5.41) is 9.28. The summed E-state index contributed by atoms with van der Waals surface area (Å²) >= 11 is 0. The highest BCUT2D eigenvalue weighted by Crippen LogP contribution is 2.60. The van der Waals surface area contributed by atoms with Crippen molar-refractivity contribution < 1.29 is 4.79 Å². The highest BCUT2D eigenvalue weighted by atomic mass is 16.2. The average Bonchev–Trinajstić information content (AvgIpc) is 3.24. The van der Waals surface area contributed by atoms with E-state index in [2.05, 4.69) is 204 Å². The lowest BCUT2D eigenvalue weighted by atomic mass is 9.52. The van der Waals surface area contributed by atoms with E-state index in [4.69, 9.17) is 5.32 Å². The standard InChI is InChI=1S/C55H105N7O/c1-44(2)26-37(27-45(3,4)58(44)21)42-36-54(38-28-46(5,6)59(22)47(7,8)29-38,39-30-48(9,10)60(23)49(11,12)31-39)57-55(43(63)56-42,40-32-50(13,14)61(24)51(15,16)33-40)41-34-52(17,18)62(25)53(19,20)35-41/h37-42,57H,26-36H2,1-25H3,(H,56,63). The molecule has 0 radical (unpaired) electrons. The maximum atomic E-state index is 17.0.